The van der Waals surface area contributed by atoms with Gasteiger partial charge < -0.3 is 10.1 Å². The van der Waals surface area contributed by atoms with Gasteiger partial charge in [-0.05, 0) is 42.5 Å². The smallest absolute Gasteiger partial charge is 0.339 e. The van der Waals surface area contributed by atoms with E-state index in [-0.39, 0.29) is 26.7 Å². The average Bonchev–Trinajstić information content (AvgIpc) is 2.75. The third-order valence-electron chi connectivity index (χ3n) is 4.10. The van der Waals surface area contributed by atoms with E-state index < -0.39 is 21.9 Å². The summed E-state index contributed by atoms with van der Waals surface area (Å²) < 4.78 is 32.3. The minimum absolute atomic E-state index is 0.0700. The van der Waals surface area contributed by atoms with Crippen LogP contribution in [-0.2, 0) is 14.8 Å². The molecule has 0 aromatic heterocycles. The third kappa shape index (κ3) is 4.79. The Balaban J connectivity index is 1.87. The molecule has 0 spiro atoms. The summed E-state index contributed by atoms with van der Waals surface area (Å²) in [5, 5.41) is 2.81. The molecule has 0 atom stereocenters. The van der Waals surface area contributed by atoms with Gasteiger partial charge in [0.15, 0.2) is 0 Å². The summed E-state index contributed by atoms with van der Waals surface area (Å²) in [5.41, 5.74) is 0.605. The van der Waals surface area contributed by atoms with Crippen molar-refractivity contribution < 1.29 is 22.7 Å². The molecule has 1 amide bonds. The van der Waals surface area contributed by atoms with Gasteiger partial charge in [0, 0.05) is 5.69 Å². The number of methoxy groups -OCH3 is 1. The molecule has 154 valence electrons. The number of hydrogen-bond donors (Lipinski definition) is 2. The van der Waals surface area contributed by atoms with Gasteiger partial charge >= 0.3 is 5.97 Å². The van der Waals surface area contributed by atoms with E-state index in [0.29, 0.717) is 5.69 Å². The Labute approximate surface area is 178 Å². The number of rotatable bonds is 6. The minimum atomic E-state index is -3.88. The summed E-state index contributed by atoms with van der Waals surface area (Å²) in [4.78, 5) is 24.7. The van der Waals surface area contributed by atoms with Crippen LogP contribution >= 0.6 is 11.6 Å². The van der Waals surface area contributed by atoms with Crippen molar-refractivity contribution in [3.63, 3.8) is 0 Å². The second-order valence-corrected chi connectivity index (χ2v) is 8.19. The summed E-state index contributed by atoms with van der Waals surface area (Å²) in [6.45, 7) is 0. The van der Waals surface area contributed by atoms with Gasteiger partial charge in [0.05, 0.1) is 33.8 Å². The zero-order chi connectivity index (χ0) is 21.7. The molecule has 0 saturated heterocycles. The number of anilines is 2. The van der Waals surface area contributed by atoms with Crippen LogP contribution in [0.2, 0.25) is 5.02 Å². The van der Waals surface area contributed by atoms with Gasteiger partial charge in [0.2, 0.25) is 0 Å². The van der Waals surface area contributed by atoms with Crippen LogP contribution in [0.1, 0.15) is 20.7 Å². The maximum absolute atomic E-state index is 12.8. The van der Waals surface area contributed by atoms with Gasteiger partial charge in [-0.25, -0.2) is 13.2 Å². The van der Waals surface area contributed by atoms with Crippen LogP contribution in [-0.4, -0.2) is 27.4 Å². The fraction of sp³-hybridized carbons (Fsp3) is 0.0476. The summed E-state index contributed by atoms with van der Waals surface area (Å²) in [6.07, 6.45) is 0. The van der Waals surface area contributed by atoms with Gasteiger partial charge in [-0.1, -0.05) is 41.9 Å². The Hall–Kier alpha value is -3.36. The third-order valence-corrected chi connectivity index (χ3v) is 5.81. The first-order chi connectivity index (χ1) is 14.3. The first-order valence-corrected chi connectivity index (χ1v) is 10.5. The van der Waals surface area contributed by atoms with E-state index in [9.17, 15) is 18.0 Å². The second kappa shape index (κ2) is 8.98. The molecule has 3 rings (SSSR count). The topological polar surface area (TPSA) is 102 Å². The molecule has 30 heavy (non-hydrogen) atoms. The molecule has 0 aliphatic rings. The SMILES string of the molecule is COC(=O)c1cc(NC(=O)c2ccccc2NS(=O)(=O)c2ccccc2)ccc1Cl. The first-order valence-electron chi connectivity index (χ1n) is 8.68. The maximum Gasteiger partial charge on any atom is 0.339 e. The fourth-order valence-corrected chi connectivity index (χ4v) is 3.94. The van der Waals surface area contributed by atoms with Crippen LogP contribution in [0, 0.1) is 0 Å². The molecule has 9 heteroatoms. The molecule has 0 aliphatic carbocycles. The van der Waals surface area contributed by atoms with Crippen LogP contribution in [0.3, 0.4) is 0 Å². The highest BCUT2D eigenvalue weighted by atomic mass is 35.5. The number of benzene rings is 3. The van der Waals surface area contributed by atoms with Crippen LogP contribution < -0.4 is 10.0 Å². The lowest BCUT2D eigenvalue weighted by Gasteiger charge is -2.13. The number of para-hydroxylation sites is 1. The number of nitrogens with one attached hydrogen (secondary N) is 2. The van der Waals surface area contributed by atoms with Crippen molar-refractivity contribution in [1.82, 2.24) is 0 Å². The Kier molecular flexibility index (Phi) is 6.39. The molecule has 0 aliphatic heterocycles. The number of carbonyl (C=O) groups is 2. The largest absolute Gasteiger partial charge is 0.465 e. The van der Waals surface area contributed by atoms with Crippen LogP contribution in [0.25, 0.3) is 0 Å². The molecule has 0 bridgehead atoms. The van der Waals surface area contributed by atoms with Crippen LogP contribution in [0.5, 0.6) is 0 Å². The van der Waals surface area contributed by atoms with E-state index in [1.54, 1.807) is 30.3 Å². The molecule has 0 fully saturated rings. The van der Waals surface area contributed by atoms with E-state index in [1.807, 2.05) is 0 Å². The van der Waals surface area contributed by atoms with Crippen molar-refractivity contribution >= 4 is 44.9 Å². The van der Waals surface area contributed by atoms with Crippen molar-refractivity contribution in [2.75, 3.05) is 17.1 Å². The van der Waals surface area contributed by atoms with Crippen molar-refractivity contribution in [2.45, 2.75) is 4.90 Å². The Morgan fingerprint density at radius 3 is 2.27 bits per heavy atom. The van der Waals surface area contributed by atoms with E-state index >= 15 is 0 Å². The lowest BCUT2D eigenvalue weighted by molar-refractivity contribution is 0.0600. The average molecular weight is 445 g/mol. The molecule has 3 aromatic carbocycles. The quantitative estimate of drug-likeness (QED) is 0.555. The zero-order valence-corrected chi connectivity index (χ0v) is 17.3. The molecule has 0 unspecified atom stereocenters. The molecule has 3 aromatic rings. The van der Waals surface area contributed by atoms with Crippen molar-refractivity contribution in [2.24, 2.45) is 0 Å². The number of esters is 1. The Morgan fingerprint density at radius 1 is 0.900 bits per heavy atom. The first kappa shape index (κ1) is 21.4. The molecular formula is C21H17ClN2O5S. The van der Waals surface area contributed by atoms with Gasteiger partial charge in [-0.2, -0.15) is 0 Å². The molecule has 0 radical (unpaired) electrons. The van der Waals surface area contributed by atoms with Gasteiger partial charge in [0.25, 0.3) is 15.9 Å². The molecule has 0 heterocycles. The summed E-state index contributed by atoms with van der Waals surface area (Å²) in [7, 11) is -2.66. The molecule has 7 nitrogen and oxygen atoms in total. The van der Waals surface area contributed by atoms with Crippen molar-refractivity contribution in [3.05, 3.63) is 88.9 Å². The van der Waals surface area contributed by atoms with Crippen LogP contribution in [0.4, 0.5) is 11.4 Å². The highest BCUT2D eigenvalue weighted by Crippen LogP contribution is 2.24. The number of hydrogen-bond acceptors (Lipinski definition) is 5. The number of carbonyl (C=O) groups excluding carboxylic acids is 2. The summed E-state index contributed by atoms with van der Waals surface area (Å²) in [5.74, 6) is -1.22. The van der Waals surface area contributed by atoms with E-state index in [4.69, 9.17) is 11.6 Å². The van der Waals surface area contributed by atoms with Crippen molar-refractivity contribution in [3.8, 4) is 0 Å². The predicted molar refractivity (Wildman–Crippen MR) is 114 cm³/mol. The highest BCUT2D eigenvalue weighted by Gasteiger charge is 2.19. The van der Waals surface area contributed by atoms with Gasteiger partial charge in [-0.15, -0.1) is 0 Å². The number of amides is 1. The molecule has 0 saturated carbocycles. The molecular weight excluding hydrogens is 428 g/mol. The zero-order valence-electron chi connectivity index (χ0n) is 15.8. The van der Waals surface area contributed by atoms with E-state index in [1.165, 1.54) is 49.6 Å². The number of ether oxygens (including phenoxy) is 1. The second-order valence-electron chi connectivity index (χ2n) is 6.10. The maximum atomic E-state index is 12.8. The normalized spacial score (nSPS) is 10.9. The van der Waals surface area contributed by atoms with E-state index in [2.05, 4.69) is 14.8 Å². The lowest BCUT2D eigenvalue weighted by Crippen LogP contribution is -2.18. The van der Waals surface area contributed by atoms with Crippen LogP contribution in [0.15, 0.2) is 77.7 Å². The monoisotopic (exact) mass is 444 g/mol. The highest BCUT2D eigenvalue weighted by molar-refractivity contribution is 7.92. The fourth-order valence-electron chi connectivity index (χ4n) is 2.64. The van der Waals surface area contributed by atoms with Crippen molar-refractivity contribution in [1.29, 1.82) is 0 Å². The van der Waals surface area contributed by atoms with Gasteiger partial charge in [0.1, 0.15) is 0 Å². The Morgan fingerprint density at radius 2 is 1.57 bits per heavy atom. The summed E-state index contributed by atoms with van der Waals surface area (Å²) in [6, 6.07) is 18.3. The van der Waals surface area contributed by atoms with Gasteiger partial charge in [-0.3, -0.25) is 9.52 Å². The summed E-state index contributed by atoms with van der Waals surface area (Å²) >= 11 is 5.99. The lowest BCUT2D eigenvalue weighted by atomic mass is 10.1. The number of halogens is 1. The minimum Gasteiger partial charge on any atom is -0.465 e. The predicted octanol–water partition coefficient (Wildman–Crippen LogP) is 4.18. The van der Waals surface area contributed by atoms with E-state index in [0.717, 1.165) is 0 Å². The molecule has 2 N–H and O–H groups in total. The Bertz CT molecular complexity index is 1200. The number of sulfonamides is 1. The standard InChI is InChI=1S/C21H17ClN2O5S/c1-29-21(26)17-13-14(11-12-18(17)22)23-20(25)16-9-5-6-10-19(16)24-30(27,28)15-7-3-2-4-8-15/h2-13,24H,1H3,(H,23,25).